The largest absolute Gasteiger partial charge is 0.415 e. The molecule has 1 aliphatic rings. The van der Waals surface area contributed by atoms with E-state index in [1.807, 2.05) is 13.8 Å². The van der Waals surface area contributed by atoms with Gasteiger partial charge in [0.15, 0.2) is 0 Å². The monoisotopic (exact) mass is 259 g/mol. The molecule has 0 saturated carbocycles. The summed E-state index contributed by atoms with van der Waals surface area (Å²) in [5.74, 6) is 0. The summed E-state index contributed by atoms with van der Waals surface area (Å²) < 4.78 is 21.5. The van der Waals surface area contributed by atoms with Gasteiger partial charge in [0.1, 0.15) is 6.10 Å². The van der Waals surface area contributed by atoms with E-state index in [-0.39, 0.29) is 0 Å². The van der Waals surface area contributed by atoms with Crippen molar-refractivity contribution in [1.29, 1.82) is 0 Å². The molecule has 1 radical (unpaired) electrons. The SMILES string of the molecule is CCO[Si](C=CCCCOCC1CO1)OCC. The van der Waals surface area contributed by atoms with Crippen molar-refractivity contribution in [3.05, 3.63) is 11.8 Å². The van der Waals surface area contributed by atoms with E-state index in [2.05, 4.69) is 11.8 Å². The van der Waals surface area contributed by atoms with E-state index in [0.29, 0.717) is 19.3 Å². The normalized spacial score (nSPS) is 19.4. The van der Waals surface area contributed by atoms with Crippen LogP contribution in [0.2, 0.25) is 0 Å². The molecule has 1 fully saturated rings. The van der Waals surface area contributed by atoms with E-state index in [1.165, 1.54) is 0 Å². The number of allylic oxidation sites excluding steroid dienone is 1. The van der Waals surface area contributed by atoms with E-state index >= 15 is 0 Å². The number of epoxide rings is 1. The summed E-state index contributed by atoms with van der Waals surface area (Å²) in [7, 11) is -1.18. The Balaban J connectivity index is 1.93. The van der Waals surface area contributed by atoms with E-state index in [4.69, 9.17) is 18.3 Å². The highest BCUT2D eigenvalue weighted by Gasteiger charge is 2.21. The zero-order valence-corrected chi connectivity index (χ0v) is 11.8. The molecule has 1 heterocycles. The number of ether oxygens (including phenoxy) is 2. The summed E-state index contributed by atoms with van der Waals surface area (Å²) in [6, 6.07) is 0. The molecule has 0 aromatic heterocycles. The molecule has 0 aliphatic carbocycles. The summed E-state index contributed by atoms with van der Waals surface area (Å²) in [5.41, 5.74) is 2.07. The van der Waals surface area contributed by atoms with Crippen molar-refractivity contribution < 1.29 is 18.3 Å². The Morgan fingerprint density at radius 3 is 2.59 bits per heavy atom. The highest BCUT2D eigenvalue weighted by molar-refractivity contribution is 6.50. The van der Waals surface area contributed by atoms with Crippen LogP contribution in [-0.4, -0.2) is 48.4 Å². The van der Waals surface area contributed by atoms with Gasteiger partial charge < -0.3 is 18.3 Å². The van der Waals surface area contributed by atoms with Gasteiger partial charge in [-0.1, -0.05) is 6.08 Å². The maximum atomic E-state index is 5.49. The lowest BCUT2D eigenvalue weighted by atomic mass is 10.3. The van der Waals surface area contributed by atoms with Crippen LogP contribution in [0.5, 0.6) is 0 Å². The van der Waals surface area contributed by atoms with Crippen molar-refractivity contribution in [3.63, 3.8) is 0 Å². The average molecular weight is 259 g/mol. The molecule has 0 aromatic carbocycles. The predicted octanol–water partition coefficient (Wildman–Crippen LogP) is 1.84. The Bertz CT molecular complexity index is 201. The molecule has 4 nitrogen and oxygen atoms in total. The first-order valence-electron chi connectivity index (χ1n) is 6.35. The molecule has 1 saturated heterocycles. The van der Waals surface area contributed by atoms with Gasteiger partial charge in [-0.3, -0.25) is 0 Å². The van der Waals surface area contributed by atoms with Crippen molar-refractivity contribution in [2.45, 2.75) is 32.8 Å². The van der Waals surface area contributed by atoms with Crippen LogP contribution in [0.15, 0.2) is 11.8 Å². The van der Waals surface area contributed by atoms with Crippen LogP contribution in [-0.2, 0) is 18.3 Å². The second-order valence-corrected chi connectivity index (χ2v) is 5.31. The minimum absolute atomic E-state index is 0.372. The van der Waals surface area contributed by atoms with Crippen LogP contribution in [0.3, 0.4) is 0 Å². The van der Waals surface area contributed by atoms with Gasteiger partial charge in [0.25, 0.3) is 0 Å². The van der Waals surface area contributed by atoms with Crippen LogP contribution in [0.4, 0.5) is 0 Å². The van der Waals surface area contributed by atoms with Gasteiger partial charge in [-0.25, -0.2) is 0 Å². The third-order valence-electron chi connectivity index (χ3n) is 2.19. The van der Waals surface area contributed by atoms with E-state index in [1.54, 1.807) is 0 Å². The van der Waals surface area contributed by atoms with Gasteiger partial charge in [-0.2, -0.15) is 0 Å². The molecule has 0 aromatic rings. The van der Waals surface area contributed by atoms with Crippen LogP contribution in [0.1, 0.15) is 26.7 Å². The molecule has 1 aliphatic heterocycles. The fraction of sp³-hybridized carbons (Fsp3) is 0.833. The fourth-order valence-corrected chi connectivity index (χ4v) is 2.49. The lowest BCUT2D eigenvalue weighted by Gasteiger charge is -2.08. The maximum absolute atomic E-state index is 5.49. The van der Waals surface area contributed by atoms with Crippen molar-refractivity contribution in [1.82, 2.24) is 0 Å². The van der Waals surface area contributed by atoms with Crippen LogP contribution >= 0.6 is 0 Å². The molecule has 0 spiro atoms. The lowest BCUT2D eigenvalue weighted by Crippen LogP contribution is -2.20. The Labute approximate surface area is 106 Å². The van der Waals surface area contributed by atoms with E-state index < -0.39 is 9.28 Å². The molecule has 99 valence electrons. The molecule has 1 unspecified atom stereocenters. The number of hydrogen-bond acceptors (Lipinski definition) is 4. The Morgan fingerprint density at radius 1 is 1.29 bits per heavy atom. The van der Waals surface area contributed by atoms with Crippen molar-refractivity contribution in [3.8, 4) is 0 Å². The molecular weight excluding hydrogens is 236 g/mol. The molecule has 0 bridgehead atoms. The highest BCUT2D eigenvalue weighted by Crippen LogP contribution is 2.08. The summed E-state index contributed by atoms with van der Waals surface area (Å²) in [5, 5.41) is 0. The average Bonchev–Trinajstić information content (AvgIpc) is 3.12. The first-order chi connectivity index (χ1) is 8.36. The molecular formula is C12H23O4Si. The summed E-state index contributed by atoms with van der Waals surface area (Å²) >= 11 is 0. The first kappa shape index (κ1) is 14.9. The summed E-state index contributed by atoms with van der Waals surface area (Å²) in [6.45, 7) is 7.82. The van der Waals surface area contributed by atoms with Crippen LogP contribution < -0.4 is 0 Å². The lowest BCUT2D eigenvalue weighted by molar-refractivity contribution is 0.115. The van der Waals surface area contributed by atoms with Crippen LogP contribution in [0, 0.1) is 0 Å². The summed E-state index contributed by atoms with van der Waals surface area (Å²) in [6.07, 6.45) is 4.56. The Morgan fingerprint density at radius 2 is 2.00 bits per heavy atom. The molecule has 5 heteroatoms. The van der Waals surface area contributed by atoms with Crippen molar-refractivity contribution in [2.24, 2.45) is 0 Å². The quantitative estimate of drug-likeness (QED) is 0.322. The molecule has 0 amide bonds. The van der Waals surface area contributed by atoms with Gasteiger partial charge in [0, 0.05) is 19.8 Å². The summed E-state index contributed by atoms with van der Waals surface area (Å²) in [4.78, 5) is 0. The standard InChI is InChI=1S/C12H23O4Si/c1-3-15-17(16-4-2)9-7-5-6-8-13-10-12-11-14-12/h7,9,12H,3-6,8,10-11H2,1-2H3. The predicted molar refractivity (Wildman–Crippen MR) is 67.9 cm³/mol. The van der Waals surface area contributed by atoms with Crippen LogP contribution in [0.25, 0.3) is 0 Å². The van der Waals surface area contributed by atoms with E-state index in [9.17, 15) is 0 Å². The Hall–Kier alpha value is -0.203. The minimum Gasteiger partial charge on any atom is -0.391 e. The number of hydrogen-bond donors (Lipinski definition) is 0. The van der Waals surface area contributed by atoms with E-state index in [0.717, 1.165) is 32.7 Å². The smallest absolute Gasteiger partial charge is 0.391 e. The van der Waals surface area contributed by atoms with Gasteiger partial charge in [-0.05, 0) is 32.4 Å². The highest BCUT2D eigenvalue weighted by atomic mass is 28.3. The second kappa shape index (κ2) is 9.79. The van der Waals surface area contributed by atoms with Gasteiger partial charge in [0.05, 0.1) is 13.2 Å². The Kier molecular flexibility index (Phi) is 8.55. The van der Waals surface area contributed by atoms with Gasteiger partial charge in [-0.15, -0.1) is 0 Å². The zero-order valence-electron chi connectivity index (χ0n) is 10.8. The molecule has 1 atom stereocenters. The molecule has 0 N–H and O–H groups in total. The number of rotatable bonds is 11. The maximum Gasteiger partial charge on any atom is 0.415 e. The van der Waals surface area contributed by atoms with Crippen molar-refractivity contribution >= 4 is 9.28 Å². The third kappa shape index (κ3) is 8.51. The third-order valence-corrected chi connectivity index (χ3v) is 3.85. The topological polar surface area (TPSA) is 40.2 Å². The zero-order chi connectivity index (χ0) is 12.3. The molecule has 1 rings (SSSR count). The number of unbranched alkanes of at least 4 members (excludes halogenated alkanes) is 1. The first-order valence-corrected chi connectivity index (χ1v) is 7.74. The van der Waals surface area contributed by atoms with Crippen molar-refractivity contribution in [2.75, 3.05) is 33.0 Å². The van der Waals surface area contributed by atoms with Gasteiger partial charge >= 0.3 is 9.28 Å². The minimum atomic E-state index is -1.18. The molecule has 17 heavy (non-hydrogen) atoms. The van der Waals surface area contributed by atoms with Gasteiger partial charge in [0.2, 0.25) is 0 Å². The second-order valence-electron chi connectivity index (χ2n) is 3.76. The fourth-order valence-electron chi connectivity index (χ4n) is 1.28.